The molecule has 123 heavy (non-hydrogen) atoms. The molecule has 0 N–H and O–H groups in total. The highest BCUT2D eigenvalue weighted by molar-refractivity contribution is 5.81. The summed E-state index contributed by atoms with van der Waals surface area (Å²) in [5.41, 5.74) is -0.300. The van der Waals surface area contributed by atoms with Crippen molar-refractivity contribution in [2.24, 2.45) is 118 Å². The maximum absolute atomic E-state index is 12.2. The zero-order valence-corrected chi connectivity index (χ0v) is 76.9. The van der Waals surface area contributed by atoms with Crippen molar-refractivity contribution in [3.8, 4) is 0 Å². The summed E-state index contributed by atoms with van der Waals surface area (Å²) >= 11 is 0. The molecule has 5 spiro atoms. The maximum Gasteiger partial charge on any atom is 0.308 e. The highest BCUT2D eigenvalue weighted by atomic mass is 17.3. The van der Waals surface area contributed by atoms with Gasteiger partial charge in [0.1, 0.15) is 5.78 Å². The third kappa shape index (κ3) is 16.1. The molecule has 1 aromatic carbocycles. The molecule has 20 saturated heterocycles. The van der Waals surface area contributed by atoms with Crippen LogP contribution in [-0.2, 0) is 141 Å². The van der Waals surface area contributed by atoms with Crippen LogP contribution in [0.25, 0.3) is 0 Å². The lowest BCUT2D eigenvalue weighted by Crippen LogP contribution is -2.70. The van der Waals surface area contributed by atoms with Gasteiger partial charge in [-0.05, 0) is 223 Å². The normalized spacial score (nSPS) is 52.3. The Labute approximate surface area is 728 Å². The van der Waals surface area contributed by atoms with E-state index in [-0.39, 0.29) is 97.1 Å². The van der Waals surface area contributed by atoms with Crippen molar-refractivity contribution in [2.75, 3.05) is 13.7 Å². The van der Waals surface area contributed by atoms with E-state index in [4.69, 9.17) is 120 Å². The number of ketones is 1. The topological polar surface area (TPSA) is 282 Å². The first-order valence-electron chi connectivity index (χ1n) is 47.8. The Morgan fingerprint density at radius 2 is 0.618 bits per heavy atom. The van der Waals surface area contributed by atoms with Crippen molar-refractivity contribution in [2.45, 2.75) is 412 Å². The number of fused-ring (bicyclic) bond motifs is 10. The van der Waals surface area contributed by atoms with Gasteiger partial charge in [0.05, 0.1) is 13.0 Å². The summed E-state index contributed by atoms with van der Waals surface area (Å²) in [6.07, 6.45) is 17.4. The van der Waals surface area contributed by atoms with E-state index in [9.17, 15) is 14.4 Å². The van der Waals surface area contributed by atoms with E-state index in [0.717, 1.165) is 121 Å². The van der Waals surface area contributed by atoms with Crippen molar-refractivity contribution >= 4 is 17.7 Å². The molecule has 694 valence electrons. The third-order valence-corrected chi connectivity index (χ3v) is 34.2. The Morgan fingerprint density at radius 1 is 0.341 bits per heavy atom. The second kappa shape index (κ2) is 35.1. The van der Waals surface area contributed by atoms with Crippen LogP contribution in [0.4, 0.5) is 0 Å². The van der Waals surface area contributed by atoms with Crippen molar-refractivity contribution in [1.82, 2.24) is 0 Å². The molecule has 1 aromatic rings. The first-order chi connectivity index (χ1) is 58.6. The standard InChI is InChI=1S/C23H32O5.C20H30O7.C19H30O6.C17H28O5.C16H26O5/c1-14-5-8-17(9-6-14)13-24-20-16(3)19-10-7-15(2)18-11-12-22(4)26-21(25-20)23(18,19)28-27-22;1-11-5-7-15-13(3)17(23-16(22)8-6-12(2)21)24-18-20(15)14(11)9-10-19(4,25-18)26-27-20;1-5-6-15(20)21-16-12(3)14-8-7-11(2)13-9-10-18(4)23-17(22-16)19(13,14)25-24-18;1-5-18-14-11(3)13-7-6-10(2)12-8-9-16(4)20-15(19-14)17(12,13)22-21-16;1-9-5-6-12-10(2)13(17-4)18-14-16(12)11(9)7-8-15(3,19-14)20-21-16/h5-6,8-9,15-16,18-21H,7,10-13H2,1-4H3;11,13-15,17-18H,5-10H2,1-4H3;11-14,16-17H,5-10H2,1-4H3;10-15H,5-9H2,1-4H3;9-14H,5-8H2,1-4H3/t15-,16-,18?,19?,20+,21-,22-,23-;11-,13-,14?,15?,17+,18-,19-,20-;11-,12-,13?,14?,16+,17-,18-,19-;10-,11-,12?,13?,14+,15-,16-,17-;9-,10-,11?,12?,13+,14-,15-,16-/m11111/s1. The molecule has 28 heteroatoms. The van der Waals surface area contributed by atoms with Crippen LogP contribution < -0.4 is 0 Å². The van der Waals surface area contributed by atoms with Crippen LogP contribution in [0, 0.1) is 125 Å². The number of aryl methyl sites for hydroxylation is 1. The monoisotopic (exact) mass is 1740 g/mol. The number of esters is 2. The lowest BCUT2D eigenvalue weighted by atomic mass is 9.58. The summed E-state index contributed by atoms with van der Waals surface area (Å²) in [4.78, 5) is 94.7. The molecule has 25 fully saturated rings. The van der Waals surface area contributed by atoms with E-state index >= 15 is 0 Å². The van der Waals surface area contributed by atoms with Crippen molar-refractivity contribution in [3.05, 3.63) is 35.4 Å². The molecule has 0 aromatic heterocycles. The molecule has 5 aliphatic carbocycles. The number of hydrogen-bond donors (Lipinski definition) is 0. The first kappa shape index (κ1) is 91.8. The molecular formula is C95H146O28. The van der Waals surface area contributed by atoms with Gasteiger partial charge in [0.25, 0.3) is 0 Å². The molecule has 25 aliphatic rings. The Kier molecular flexibility index (Phi) is 26.2. The van der Waals surface area contributed by atoms with Crippen LogP contribution in [-0.4, -0.2) is 151 Å². The Balaban J connectivity index is 0.000000109. The van der Waals surface area contributed by atoms with Gasteiger partial charge in [-0.15, -0.1) is 0 Å². The molecular weight excluding hydrogens is 1590 g/mol. The quantitative estimate of drug-likeness (QED) is 0.131. The minimum absolute atomic E-state index is 0.0319. The SMILES string of the molecule is CC(=O)CCC(=O)O[C@H]1O[C@@H]2O[C@@]3(C)CCC4[C@H](C)CCC([C@H]1C)[C@]42OO3.CCCC(=O)O[C@H]1O[C@@H]2O[C@@]3(C)CCC4[C@H](C)CCC([C@H]1C)[C@]42OO3.CCO[C@H]1O[C@@H]2O[C@@]3(C)CCC4[C@H](C)CCC([C@H]1C)[C@]42OO3.CO[C@H]1O[C@@H]2O[C@@]3(C)CCC4[C@H](C)CCC([C@H]1C)[C@]42OO3.Cc1ccc(CO[C@H]2O[C@@H]3O[C@@]4(C)CCC5[C@H](C)CCC([C@H]2C)[C@]53OO4)cc1. The van der Waals surface area contributed by atoms with Gasteiger partial charge in [0.15, 0.2) is 78.3 Å². The van der Waals surface area contributed by atoms with E-state index in [1.165, 1.54) is 31.7 Å². The first-order valence-corrected chi connectivity index (χ1v) is 47.8. The fourth-order valence-electron chi connectivity index (χ4n) is 27.2. The maximum atomic E-state index is 12.2. The second-order valence-electron chi connectivity index (χ2n) is 42.3. The van der Waals surface area contributed by atoms with E-state index in [1.807, 2.05) is 55.4 Å². The third-order valence-electron chi connectivity index (χ3n) is 34.2. The van der Waals surface area contributed by atoms with Crippen LogP contribution in [0.1, 0.15) is 290 Å². The molecule has 10 unspecified atom stereocenters. The van der Waals surface area contributed by atoms with Crippen molar-refractivity contribution in [3.63, 3.8) is 0 Å². The number of rotatable bonds is 13. The Morgan fingerprint density at radius 3 is 0.911 bits per heavy atom. The van der Waals surface area contributed by atoms with Gasteiger partial charge in [-0.25, -0.2) is 48.9 Å². The fraction of sp³-hybridized carbons (Fsp3) is 0.905. The molecule has 40 atom stereocenters. The largest absolute Gasteiger partial charge is 0.435 e. The summed E-state index contributed by atoms with van der Waals surface area (Å²) in [6, 6.07) is 8.46. The average molecular weight is 1740 g/mol. The minimum Gasteiger partial charge on any atom is -0.435 e. The summed E-state index contributed by atoms with van der Waals surface area (Å²) in [5, 5.41) is 0. The zero-order valence-electron chi connectivity index (χ0n) is 76.9. The molecule has 10 bridgehead atoms. The molecule has 5 saturated carbocycles. The Bertz CT molecular complexity index is 3860. The average Bonchev–Trinajstić information content (AvgIpc) is 1.71. The number of hydrogen-bond acceptors (Lipinski definition) is 28. The number of Topliss-reactive ketones (excluding diaryl/α,β-unsaturated/α-hetero) is 1. The van der Waals surface area contributed by atoms with Crippen molar-refractivity contribution in [1.29, 1.82) is 0 Å². The van der Waals surface area contributed by atoms with Crippen molar-refractivity contribution < 1.29 is 134 Å². The highest BCUT2D eigenvalue weighted by Gasteiger charge is 2.76. The molecule has 20 aliphatic heterocycles. The van der Waals surface area contributed by atoms with Gasteiger partial charge < -0.3 is 75.8 Å². The molecule has 26 rings (SSSR count). The number of methoxy groups -OCH3 is 1. The second-order valence-corrected chi connectivity index (χ2v) is 42.3. The van der Waals surface area contributed by atoms with E-state index in [2.05, 4.69) is 93.5 Å². The zero-order chi connectivity index (χ0) is 87.1. The van der Waals surface area contributed by atoms with Crippen LogP contribution >= 0.6 is 0 Å². The number of carbonyl (C=O) groups excluding carboxylic acids is 3. The number of carbonyl (C=O) groups is 3. The van der Waals surface area contributed by atoms with E-state index in [1.54, 1.807) is 7.11 Å². The number of ether oxygens (including phenoxy) is 15. The molecule has 0 radical (unpaired) electrons. The van der Waals surface area contributed by atoms with Gasteiger partial charge in [0.2, 0.25) is 41.5 Å². The molecule has 28 nitrogen and oxygen atoms in total. The lowest BCUT2D eigenvalue weighted by molar-refractivity contribution is -0.577. The van der Waals surface area contributed by atoms with Crippen LogP contribution in [0.2, 0.25) is 0 Å². The van der Waals surface area contributed by atoms with Gasteiger partial charge >= 0.3 is 11.9 Å². The predicted octanol–water partition coefficient (Wildman–Crippen LogP) is 17.4. The molecule has 0 amide bonds. The van der Waals surface area contributed by atoms with Crippen LogP contribution in [0.15, 0.2) is 24.3 Å². The highest BCUT2D eigenvalue weighted by Crippen LogP contribution is 2.67. The predicted molar refractivity (Wildman–Crippen MR) is 436 cm³/mol. The summed E-state index contributed by atoms with van der Waals surface area (Å²) < 4.78 is 91.5. The van der Waals surface area contributed by atoms with E-state index in [0.29, 0.717) is 90.6 Å². The van der Waals surface area contributed by atoms with Gasteiger partial charge in [-0.2, -0.15) is 0 Å². The fourth-order valence-corrected chi connectivity index (χ4v) is 27.2. The lowest BCUT2D eigenvalue weighted by Gasteiger charge is -2.60. The smallest absolute Gasteiger partial charge is 0.308 e. The van der Waals surface area contributed by atoms with Crippen LogP contribution in [0.5, 0.6) is 0 Å². The van der Waals surface area contributed by atoms with Gasteiger partial charge in [0, 0.05) is 118 Å². The number of benzene rings is 1. The molecule has 20 heterocycles. The van der Waals surface area contributed by atoms with Crippen LogP contribution in [0.3, 0.4) is 0 Å². The van der Waals surface area contributed by atoms with Gasteiger partial charge in [-0.1, -0.05) is 106 Å². The Hall–Kier alpha value is -3.09. The summed E-state index contributed by atoms with van der Waals surface area (Å²) in [6.45, 7) is 40.6. The van der Waals surface area contributed by atoms with Gasteiger partial charge in [-0.3, -0.25) is 9.59 Å². The minimum atomic E-state index is -0.846. The van der Waals surface area contributed by atoms with E-state index < -0.39 is 101 Å². The summed E-state index contributed by atoms with van der Waals surface area (Å²) in [7, 11) is 1.70. The summed E-state index contributed by atoms with van der Waals surface area (Å²) in [5.74, 6) is 2.28.